The van der Waals surface area contributed by atoms with Crippen LogP contribution in [0.5, 0.6) is 0 Å². The number of imidazole rings is 1. The van der Waals surface area contributed by atoms with Crippen molar-refractivity contribution in [2.45, 2.75) is 78.9 Å². The van der Waals surface area contributed by atoms with Crippen LogP contribution in [0, 0.1) is 12.1 Å². The molecule has 0 fully saturated rings. The summed E-state index contributed by atoms with van der Waals surface area (Å²) in [5, 5.41) is 3.38. The second-order valence-corrected chi connectivity index (χ2v) is 23.2. The molecule has 0 bridgehead atoms. The molecule has 4 aromatic heterocycles. The molecule has 4 heterocycles. The van der Waals surface area contributed by atoms with Crippen molar-refractivity contribution >= 4 is 57.5 Å². The third-order valence-electron chi connectivity index (χ3n) is 11.7. The van der Waals surface area contributed by atoms with Crippen molar-refractivity contribution in [1.29, 1.82) is 0 Å². The Bertz CT molecular complexity index is 3280. The number of rotatable bonds is 8. The Labute approximate surface area is 392 Å². The quantitative estimate of drug-likeness (QED) is 0.112. The van der Waals surface area contributed by atoms with Gasteiger partial charge in [0.25, 0.3) is 0 Å². The Morgan fingerprint density at radius 3 is 1.95 bits per heavy atom. The van der Waals surface area contributed by atoms with E-state index in [2.05, 4.69) is 130 Å². The summed E-state index contributed by atoms with van der Waals surface area (Å²) >= 11 is 0. The molecule has 0 amide bonds. The van der Waals surface area contributed by atoms with E-state index in [4.69, 9.17) is 20.7 Å². The van der Waals surface area contributed by atoms with Gasteiger partial charge in [0.2, 0.25) is 0 Å². The number of furan rings is 1. The molecule has 0 aliphatic carbocycles. The van der Waals surface area contributed by atoms with Crippen LogP contribution in [0.15, 0.2) is 144 Å². The monoisotopic (exact) mass is 1030 g/mol. The second kappa shape index (κ2) is 18.2. The van der Waals surface area contributed by atoms with Gasteiger partial charge in [-0.1, -0.05) is 144 Å². The molecular formula is C56H53IrN5OSi-2. The number of para-hydroxylation sites is 3. The molecule has 0 spiro atoms. The minimum absolute atomic E-state index is 0. The van der Waals surface area contributed by atoms with Crippen molar-refractivity contribution < 1.29 is 25.9 Å². The van der Waals surface area contributed by atoms with Crippen LogP contribution in [-0.4, -0.2) is 32.6 Å². The number of fused-ring (bicyclic) bond motifs is 5. The third kappa shape index (κ3) is 8.50. The zero-order valence-electron chi connectivity index (χ0n) is 38.9. The van der Waals surface area contributed by atoms with E-state index in [0.29, 0.717) is 5.65 Å². The summed E-state index contributed by atoms with van der Waals surface area (Å²) in [6, 6.07) is 52.1. The van der Waals surface area contributed by atoms with Crippen LogP contribution in [0.25, 0.3) is 83.7 Å². The van der Waals surface area contributed by atoms with Crippen LogP contribution in [-0.2, 0) is 20.1 Å². The molecule has 0 aliphatic heterocycles. The van der Waals surface area contributed by atoms with Gasteiger partial charge in [-0.25, -0.2) is 9.97 Å². The first-order valence-corrected chi connectivity index (χ1v) is 25.4. The number of aromatic nitrogens is 5. The fourth-order valence-corrected chi connectivity index (χ4v) is 10.1. The van der Waals surface area contributed by atoms with Gasteiger partial charge in [0.05, 0.1) is 30.5 Å². The minimum Gasteiger partial charge on any atom is -0.501 e. The van der Waals surface area contributed by atoms with E-state index < -0.39 is 14.0 Å². The molecule has 64 heavy (non-hydrogen) atoms. The molecule has 0 unspecified atom stereocenters. The van der Waals surface area contributed by atoms with Crippen molar-refractivity contribution in [2.24, 2.45) is 0 Å². The standard InChI is InChI=1S/C39H31N4O.C17H22NSi.Ir/c1-23(2)30-21-26(25-13-6-5-7-14-25)22-31(24(3)4)35(30)43-38(42-37-39(43)41-33-19-10-9-18-32(33)40-37)29-17-12-16-28-27-15-8-11-20-34(27)44-36(28)29;1-13(2)15-11-16(14-9-7-6-8-10-14)18-12-17(15)19(3,4)5;/h5-16,18-24H,1-4H3;6-9,11-13H,1-5H3;/q2*-1;/i;13D;. The maximum atomic E-state index is 8.44. The first-order valence-electron chi connectivity index (χ1n) is 22.4. The Balaban J connectivity index is 0.000000232. The zero-order valence-corrected chi connectivity index (χ0v) is 41.3. The average molecular weight is 1030 g/mol. The van der Waals surface area contributed by atoms with Gasteiger partial charge in [-0.05, 0) is 81.2 Å². The summed E-state index contributed by atoms with van der Waals surface area (Å²) in [5.74, 6) is 0.574. The Morgan fingerprint density at radius 1 is 0.641 bits per heavy atom. The molecule has 0 saturated heterocycles. The Hall–Kier alpha value is -6.05. The van der Waals surface area contributed by atoms with Crippen molar-refractivity contribution in [3.8, 4) is 39.5 Å². The van der Waals surface area contributed by atoms with E-state index in [0.717, 1.165) is 72.5 Å². The Kier molecular flexibility index (Phi) is 12.3. The normalized spacial score (nSPS) is 12.2. The second-order valence-electron chi connectivity index (χ2n) is 18.1. The smallest absolute Gasteiger partial charge is 0.188 e. The van der Waals surface area contributed by atoms with Crippen molar-refractivity contribution in [1.82, 2.24) is 24.5 Å². The maximum Gasteiger partial charge on any atom is 0.188 e. The molecule has 6 aromatic carbocycles. The van der Waals surface area contributed by atoms with Gasteiger partial charge < -0.3 is 14.0 Å². The number of hydrogen-bond donors (Lipinski definition) is 0. The van der Waals surface area contributed by atoms with Gasteiger partial charge in [-0.3, -0.25) is 4.98 Å². The fourth-order valence-electron chi connectivity index (χ4n) is 8.48. The maximum absolute atomic E-state index is 8.44. The van der Waals surface area contributed by atoms with Gasteiger partial charge in [0.15, 0.2) is 11.3 Å². The first-order chi connectivity index (χ1) is 30.7. The molecule has 0 saturated carbocycles. The summed E-state index contributed by atoms with van der Waals surface area (Å²) in [4.78, 5) is 20.0. The van der Waals surface area contributed by atoms with Crippen LogP contribution in [0.4, 0.5) is 0 Å². The Morgan fingerprint density at radius 2 is 1.30 bits per heavy atom. The number of pyridine rings is 1. The third-order valence-corrected chi connectivity index (χ3v) is 13.7. The molecule has 0 aliphatic rings. The van der Waals surface area contributed by atoms with Gasteiger partial charge in [-0.2, -0.15) is 0 Å². The molecule has 6 nitrogen and oxygen atoms in total. The van der Waals surface area contributed by atoms with Crippen LogP contribution >= 0.6 is 0 Å². The molecule has 10 rings (SSSR count). The van der Waals surface area contributed by atoms with E-state index >= 15 is 0 Å². The first kappa shape index (κ1) is 43.2. The predicted molar refractivity (Wildman–Crippen MR) is 265 cm³/mol. The largest absolute Gasteiger partial charge is 0.501 e. The number of benzene rings is 6. The van der Waals surface area contributed by atoms with E-state index in [1.54, 1.807) is 0 Å². The molecule has 0 N–H and O–H groups in total. The molecule has 10 aromatic rings. The van der Waals surface area contributed by atoms with Gasteiger partial charge in [0.1, 0.15) is 5.58 Å². The van der Waals surface area contributed by atoms with E-state index in [1.807, 2.05) is 92.8 Å². The summed E-state index contributed by atoms with van der Waals surface area (Å²) in [7, 11) is -1.50. The van der Waals surface area contributed by atoms with Crippen LogP contribution < -0.4 is 5.19 Å². The van der Waals surface area contributed by atoms with E-state index in [-0.39, 0.29) is 31.9 Å². The summed E-state index contributed by atoms with van der Waals surface area (Å²) in [5.41, 5.74) is 14.3. The molecule has 8 heteroatoms. The molecular weight excluding hydrogens is 979 g/mol. The summed E-state index contributed by atoms with van der Waals surface area (Å²) < 4.78 is 17.2. The SMILES string of the molecule is CC(C)c1cc(-c2ccccc2)cc(C(C)C)c1-n1c(-c2[c-]ccc3c2oc2ccccc23)nc2nc3ccccc3nc21.[2H]C(C)(C)c1cc(-c2[c-]cccc2)ncc1[Si](C)(C)C.[Ir]. The van der Waals surface area contributed by atoms with Crippen molar-refractivity contribution in [2.75, 3.05) is 0 Å². The van der Waals surface area contributed by atoms with Gasteiger partial charge >= 0.3 is 0 Å². The summed E-state index contributed by atoms with van der Waals surface area (Å²) in [6.45, 7) is 19.8. The van der Waals surface area contributed by atoms with Crippen molar-refractivity contribution in [3.63, 3.8) is 0 Å². The number of nitrogens with zero attached hydrogens (tertiary/aromatic N) is 5. The van der Waals surface area contributed by atoms with E-state index in [9.17, 15) is 0 Å². The van der Waals surface area contributed by atoms with Crippen LogP contribution in [0.3, 0.4) is 0 Å². The zero-order chi connectivity index (χ0) is 44.9. The average Bonchev–Trinajstić information content (AvgIpc) is 3.86. The minimum atomic E-state index is -1.50. The predicted octanol–water partition coefficient (Wildman–Crippen LogP) is 14.5. The van der Waals surface area contributed by atoms with Gasteiger partial charge in [0, 0.05) is 38.7 Å². The van der Waals surface area contributed by atoms with Crippen molar-refractivity contribution in [3.05, 3.63) is 168 Å². The van der Waals surface area contributed by atoms with Gasteiger partial charge in [-0.15, -0.1) is 54.1 Å². The molecule has 1 radical (unpaired) electrons. The fraction of sp³-hybridized carbons (Fsp3) is 0.214. The van der Waals surface area contributed by atoms with Crippen LogP contribution in [0.1, 0.15) is 77.3 Å². The molecule has 0 atom stereocenters. The number of hydrogen-bond acceptors (Lipinski definition) is 5. The van der Waals surface area contributed by atoms with Crippen LogP contribution in [0.2, 0.25) is 19.6 Å². The molecule has 323 valence electrons. The van der Waals surface area contributed by atoms with E-state index in [1.165, 1.54) is 27.4 Å². The topological polar surface area (TPSA) is 69.6 Å². The summed E-state index contributed by atoms with van der Waals surface area (Å²) in [6.07, 6.45) is 1.98.